The van der Waals surface area contributed by atoms with Crippen LogP contribution >= 0.6 is 11.6 Å². The van der Waals surface area contributed by atoms with Crippen LogP contribution in [0.15, 0.2) is 29.3 Å². The Kier molecular flexibility index (Phi) is 5.64. The maximum Gasteiger partial charge on any atom is 0.191 e. The summed E-state index contributed by atoms with van der Waals surface area (Å²) in [5.41, 5.74) is 1.14. The number of ether oxygens (including phenoxy) is 1. The van der Waals surface area contributed by atoms with Crippen LogP contribution in [0.5, 0.6) is 0 Å². The normalized spacial score (nSPS) is 22.4. The second kappa shape index (κ2) is 7.72. The first-order chi connectivity index (χ1) is 11.5. The van der Waals surface area contributed by atoms with Crippen molar-refractivity contribution < 1.29 is 4.74 Å². The maximum absolute atomic E-state index is 6.07. The van der Waals surface area contributed by atoms with Crippen molar-refractivity contribution in [1.82, 2.24) is 15.5 Å². The number of hydrogen-bond acceptors (Lipinski definition) is 5. The zero-order valence-corrected chi connectivity index (χ0v) is 15.3. The molecule has 0 aliphatic carbocycles. The van der Waals surface area contributed by atoms with Crippen molar-refractivity contribution in [3.63, 3.8) is 0 Å². The summed E-state index contributed by atoms with van der Waals surface area (Å²) in [7, 11) is 0. The van der Waals surface area contributed by atoms with E-state index in [-0.39, 0.29) is 11.6 Å². The Labute approximate surface area is 149 Å². The van der Waals surface area contributed by atoms with E-state index < -0.39 is 0 Å². The summed E-state index contributed by atoms with van der Waals surface area (Å²) in [5, 5.41) is 7.58. The second-order valence-corrected chi connectivity index (χ2v) is 7.47. The molecule has 1 aromatic rings. The highest BCUT2D eigenvalue weighted by molar-refractivity contribution is 6.30. The van der Waals surface area contributed by atoms with Crippen molar-refractivity contribution in [3.05, 3.63) is 34.9 Å². The third-order valence-electron chi connectivity index (χ3n) is 4.51. The molecule has 1 saturated heterocycles. The molecule has 0 spiro atoms. The number of hydrogen-bond donors (Lipinski definition) is 2. The predicted molar refractivity (Wildman–Crippen MR) is 98.7 cm³/mol. The van der Waals surface area contributed by atoms with Crippen LogP contribution in [0.1, 0.15) is 31.9 Å². The minimum absolute atomic E-state index is 0.121. The van der Waals surface area contributed by atoms with Gasteiger partial charge in [0.05, 0.1) is 18.2 Å². The van der Waals surface area contributed by atoms with Crippen LogP contribution < -0.4 is 10.6 Å². The Bertz CT molecular complexity index is 573. The summed E-state index contributed by atoms with van der Waals surface area (Å²) in [6.07, 6.45) is 1.10. The van der Waals surface area contributed by atoms with E-state index in [9.17, 15) is 0 Å². The van der Waals surface area contributed by atoms with Gasteiger partial charge in [0, 0.05) is 37.7 Å². The number of nitrogens with one attached hydrogen (secondary N) is 2. The minimum atomic E-state index is -0.121. The first-order valence-corrected chi connectivity index (χ1v) is 9.07. The van der Waals surface area contributed by atoms with Gasteiger partial charge >= 0.3 is 0 Å². The monoisotopic (exact) mass is 350 g/mol. The molecule has 6 heteroatoms. The molecule has 2 N–H and O–H groups in total. The second-order valence-electron chi connectivity index (χ2n) is 7.04. The van der Waals surface area contributed by atoms with E-state index in [0.717, 1.165) is 56.7 Å². The van der Waals surface area contributed by atoms with Crippen LogP contribution in [0, 0.1) is 0 Å². The molecular weight excluding hydrogens is 324 g/mol. The lowest BCUT2D eigenvalue weighted by atomic mass is 10.0. The molecule has 24 heavy (non-hydrogen) atoms. The fourth-order valence-electron chi connectivity index (χ4n) is 3.31. The lowest BCUT2D eigenvalue weighted by molar-refractivity contribution is -0.0971. The molecule has 0 bridgehead atoms. The molecule has 2 aliphatic heterocycles. The third kappa shape index (κ3) is 4.62. The van der Waals surface area contributed by atoms with Gasteiger partial charge in [0.25, 0.3) is 0 Å². The number of guanidine groups is 1. The summed E-state index contributed by atoms with van der Waals surface area (Å²) >= 11 is 6.07. The Hall–Kier alpha value is -1.30. The highest BCUT2D eigenvalue weighted by atomic mass is 35.5. The summed E-state index contributed by atoms with van der Waals surface area (Å²) in [6, 6.07) is 8.43. The van der Waals surface area contributed by atoms with Crippen molar-refractivity contribution >= 4 is 17.6 Å². The summed E-state index contributed by atoms with van der Waals surface area (Å²) < 4.78 is 5.88. The van der Waals surface area contributed by atoms with Gasteiger partial charge in [-0.25, -0.2) is 0 Å². The first-order valence-electron chi connectivity index (χ1n) is 8.69. The van der Waals surface area contributed by atoms with E-state index in [0.29, 0.717) is 0 Å². The van der Waals surface area contributed by atoms with Gasteiger partial charge in [-0.05, 0) is 38.0 Å². The van der Waals surface area contributed by atoms with E-state index in [1.54, 1.807) is 0 Å². The molecule has 1 aromatic carbocycles. The van der Waals surface area contributed by atoms with Crippen LogP contribution in [0.4, 0.5) is 0 Å². The van der Waals surface area contributed by atoms with E-state index in [1.807, 2.05) is 12.1 Å². The van der Waals surface area contributed by atoms with Gasteiger partial charge < -0.3 is 15.4 Å². The molecule has 1 atom stereocenters. The van der Waals surface area contributed by atoms with Crippen molar-refractivity contribution in [1.29, 1.82) is 0 Å². The minimum Gasteiger partial charge on any atom is -0.373 e. The van der Waals surface area contributed by atoms with Crippen LogP contribution in [0.2, 0.25) is 5.02 Å². The highest BCUT2D eigenvalue weighted by Gasteiger charge is 2.32. The zero-order chi connectivity index (χ0) is 17.0. The van der Waals surface area contributed by atoms with Crippen LogP contribution in [-0.2, 0) is 4.74 Å². The molecule has 5 nitrogen and oxygen atoms in total. The molecule has 0 saturated carbocycles. The molecule has 0 radical (unpaired) electrons. The molecule has 1 unspecified atom stereocenters. The van der Waals surface area contributed by atoms with E-state index >= 15 is 0 Å². The average molecular weight is 351 g/mol. The fourth-order valence-corrected chi connectivity index (χ4v) is 3.43. The lowest BCUT2D eigenvalue weighted by Crippen LogP contribution is -2.52. The smallest absolute Gasteiger partial charge is 0.191 e. The van der Waals surface area contributed by atoms with Gasteiger partial charge in [0.2, 0.25) is 0 Å². The topological polar surface area (TPSA) is 48.9 Å². The van der Waals surface area contributed by atoms with Gasteiger partial charge in [-0.2, -0.15) is 0 Å². The van der Waals surface area contributed by atoms with Gasteiger partial charge in [-0.15, -0.1) is 0 Å². The van der Waals surface area contributed by atoms with Gasteiger partial charge in [-0.1, -0.05) is 23.7 Å². The summed E-state index contributed by atoms with van der Waals surface area (Å²) in [6.45, 7) is 9.59. The Morgan fingerprint density at radius 2 is 2.17 bits per heavy atom. The Morgan fingerprint density at radius 3 is 2.83 bits per heavy atom. The van der Waals surface area contributed by atoms with Crippen LogP contribution in [0.25, 0.3) is 0 Å². The third-order valence-corrected chi connectivity index (χ3v) is 4.76. The molecule has 1 fully saturated rings. The van der Waals surface area contributed by atoms with Gasteiger partial charge in [0.1, 0.15) is 0 Å². The van der Waals surface area contributed by atoms with Crippen LogP contribution in [0.3, 0.4) is 0 Å². The average Bonchev–Trinajstić information content (AvgIpc) is 2.57. The molecular formula is C18H27ClN4O. The lowest BCUT2D eigenvalue weighted by Gasteiger charge is -2.42. The van der Waals surface area contributed by atoms with Crippen LogP contribution in [-0.4, -0.2) is 55.8 Å². The van der Waals surface area contributed by atoms with Crippen molar-refractivity contribution in [2.45, 2.75) is 31.9 Å². The Balaban J connectivity index is 1.75. The van der Waals surface area contributed by atoms with Crippen molar-refractivity contribution in [3.8, 4) is 0 Å². The maximum atomic E-state index is 6.07. The van der Waals surface area contributed by atoms with Crippen molar-refractivity contribution in [2.24, 2.45) is 4.99 Å². The number of benzene rings is 1. The predicted octanol–water partition coefficient (Wildman–Crippen LogP) is 2.43. The molecule has 0 amide bonds. The number of rotatable bonds is 4. The van der Waals surface area contributed by atoms with Gasteiger partial charge in [0.15, 0.2) is 5.96 Å². The number of morpholine rings is 1. The SMILES string of the molecule is CC1(C)CN(C(CNC2=NCCCN2)c2ccc(Cl)cc2)CCO1. The number of aliphatic imine (C=N–C) groups is 1. The van der Waals surface area contributed by atoms with E-state index in [4.69, 9.17) is 16.3 Å². The molecule has 132 valence electrons. The molecule has 2 aliphatic rings. The molecule has 0 aromatic heterocycles. The summed E-state index contributed by atoms with van der Waals surface area (Å²) in [4.78, 5) is 7.00. The largest absolute Gasteiger partial charge is 0.373 e. The van der Waals surface area contributed by atoms with Crippen molar-refractivity contribution in [2.75, 3.05) is 39.3 Å². The highest BCUT2D eigenvalue weighted by Crippen LogP contribution is 2.27. The van der Waals surface area contributed by atoms with E-state index in [2.05, 4.69) is 46.5 Å². The molecule has 2 heterocycles. The molecule has 3 rings (SSSR count). The first kappa shape index (κ1) is 17.5. The number of nitrogens with zero attached hydrogens (tertiary/aromatic N) is 2. The fraction of sp³-hybridized carbons (Fsp3) is 0.611. The Morgan fingerprint density at radius 1 is 1.38 bits per heavy atom. The summed E-state index contributed by atoms with van der Waals surface area (Å²) in [5.74, 6) is 0.910. The quantitative estimate of drug-likeness (QED) is 0.875. The zero-order valence-electron chi connectivity index (χ0n) is 14.5. The van der Waals surface area contributed by atoms with Gasteiger partial charge in [-0.3, -0.25) is 9.89 Å². The van der Waals surface area contributed by atoms with E-state index in [1.165, 1.54) is 5.56 Å². The standard InChI is InChI=1S/C18H27ClN4O/c1-18(2)13-23(10-11-24-18)16(14-4-6-15(19)7-5-14)12-22-17-20-8-3-9-21-17/h4-7,16H,3,8-13H2,1-2H3,(H2,20,21,22). The number of halogens is 1.